The molecule has 6 rings (SSSR count). The smallest absolute Gasteiger partial charge is 0.275 e. The summed E-state index contributed by atoms with van der Waals surface area (Å²) in [6.07, 6.45) is 4.04. The summed E-state index contributed by atoms with van der Waals surface area (Å²) in [5.41, 5.74) is 2.45. The van der Waals surface area contributed by atoms with Gasteiger partial charge < -0.3 is 10.2 Å². The number of benzene rings is 1. The third-order valence-electron chi connectivity index (χ3n) is 5.05. The van der Waals surface area contributed by atoms with Crippen molar-refractivity contribution in [2.45, 2.75) is 24.9 Å². The number of hydrogen-bond acceptors (Lipinski definition) is 5. The molecule has 3 fully saturated rings. The number of fused-ring (bicyclic) bond motifs is 4. The number of nitrogens with zero attached hydrogens (tertiary/aromatic N) is 3. The summed E-state index contributed by atoms with van der Waals surface area (Å²) in [5.74, 6) is 0.0412. The molecule has 3 aliphatic rings. The Morgan fingerprint density at radius 2 is 2.23 bits per heavy atom. The molecule has 3 saturated heterocycles. The Kier molecular flexibility index (Phi) is 5.23. The summed E-state index contributed by atoms with van der Waals surface area (Å²) in [4.78, 5) is 21.3. The zero-order valence-electron chi connectivity index (χ0n) is 14.4. The van der Waals surface area contributed by atoms with Gasteiger partial charge in [0.1, 0.15) is 5.01 Å². The van der Waals surface area contributed by atoms with Crippen molar-refractivity contribution in [3.8, 4) is 10.6 Å². The summed E-state index contributed by atoms with van der Waals surface area (Å²) in [5, 5.41) is 14.6. The van der Waals surface area contributed by atoms with Crippen molar-refractivity contribution >= 4 is 50.7 Å². The van der Waals surface area contributed by atoms with Crippen LogP contribution >= 0.6 is 33.9 Å². The fraction of sp³-hybridized carbons (Fsp3) is 0.389. The summed E-state index contributed by atoms with van der Waals surface area (Å²) >= 11 is 3.75. The molecule has 2 unspecified atom stereocenters. The molecule has 2 aromatic heterocycles. The van der Waals surface area contributed by atoms with Crippen molar-refractivity contribution in [2.24, 2.45) is 0 Å². The largest absolute Gasteiger partial charge is 0.331 e. The zero-order valence-corrected chi connectivity index (χ0v) is 17.4. The number of thiazole rings is 1. The molecule has 0 saturated carbocycles. The molecule has 136 valence electrons. The van der Waals surface area contributed by atoms with E-state index in [-0.39, 0.29) is 5.91 Å². The van der Waals surface area contributed by atoms with Crippen LogP contribution in [0.25, 0.3) is 21.5 Å². The number of H-pyrrole nitrogens is 1. The van der Waals surface area contributed by atoms with E-state index in [9.17, 15) is 4.79 Å². The van der Waals surface area contributed by atoms with Crippen LogP contribution in [0.3, 0.4) is 0 Å². The number of hydrogen-bond donors (Lipinski definition) is 2. The van der Waals surface area contributed by atoms with E-state index in [0.29, 0.717) is 17.8 Å². The number of halogens is 1. The third kappa shape index (κ3) is 3.14. The van der Waals surface area contributed by atoms with Gasteiger partial charge in [-0.25, -0.2) is 4.98 Å². The highest BCUT2D eigenvalue weighted by atomic mass is 127. The first-order valence-electron chi connectivity index (χ1n) is 8.60. The van der Waals surface area contributed by atoms with E-state index in [4.69, 9.17) is 0 Å². The lowest BCUT2D eigenvalue weighted by atomic mass is 9.92. The van der Waals surface area contributed by atoms with Crippen LogP contribution in [0.4, 0.5) is 0 Å². The maximum atomic E-state index is 13.0. The van der Waals surface area contributed by atoms with Crippen LogP contribution in [-0.2, 0) is 0 Å². The van der Waals surface area contributed by atoms with Gasteiger partial charge in [0.2, 0.25) is 0 Å². The van der Waals surface area contributed by atoms with Crippen molar-refractivity contribution in [1.82, 2.24) is 25.4 Å². The van der Waals surface area contributed by atoms with Gasteiger partial charge in [-0.15, -0.1) is 11.3 Å². The van der Waals surface area contributed by atoms with Gasteiger partial charge in [-0.05, 0) is 29.9 Å². The van der Waals surface area contributed by atoms with E-state index in [1.807, 2.05) is 33.4 Å². The summed E-state index contributed by atoms with van der Waals surface area (Å²) in [6, 6.07) is 6.73. The Morgan fingerprint density at radius 1 is 1.35 bits per heavy atom. The number of carbonyl (C=O) groups is 1. The lowest BCUT2D eigenvalue weighted by molar-refractivity contribution is 0.0437. The average Bonchev–Trinajstić information content (AvgIpc) is 3.39. The van der Waals surface area contributed by atoms with Crippen molar-refractivity contribution in [3.63, 3.8) is 0 Å². The predicted molar refractivity (Wildman–Crippen MR) is 113 cm³/mol. The highest BCUT2D eigenvalue weighted by molar-refractivity contribution is 14.1. The second-order valence-corrected chi connectivity index (χ2v) is 7.36. The number of piperidine rings is 2. The molecule has 3 aliphatic heterocycles. The first-order valence-corrected chi connectivity index (χ1v) is 11.6. The molecule has 8 heteroatoms. The Bertz CT molecular complexity index is 902. The average molecular weight is 481 g/mol. The lowest BCUT2D eigenvalue weighted by Crippen LogP contribution is -2.62. The molecule has 5 heterocycles. The van der Waals surface area contributed by atoms with Gasteiger partial charge in [-0.1, -0.05) is 28.7 Å². The number of rotatable bonds is 2. The third-order valence-corrected chi connectivity index (χ3v) is 5.88. The Hall–Kier alpha value is -1.52. The van der Waals surface area contributed by atoms with Crippen LogP contribution in [0.15, 0.2) is 29.8 Å². The number of aromatic amines is 1. The molecule has 0 radical (unpaired) electrons. The van der Waals surface area contributed by atoms with E-state index in [1.165, 1.54) is 0 Å². The monoisotopic (exact) mass is 481 g/mol. The highest BCUT2D eigenvalue weighted by Gasteiger charge is 2.37. The Morgan fingerprint density at radius 3 is 2.88 bits per heavy atom. The molecule has 26 heavy (non-hydrogen) atoms. The van der Waals surface area contributed by atoms with E-state index >= 15 is 0 Å². The standard InChI is InChI=1S/C17H17N5OS.CH3I/c23-17(22-9-11-2-3-12(22)8-19-11)15-13-4-1-10(7-14(13)20-21-15)16-18-5-6-24-16;1-2/h1,4-7,11-12,19H,2-3,8-9H2,(H,20,21);1H3. The van der Waals surface area contributed by atoms with Crippen LogP contribution in [0.1, 0.15) is 23.3 Å². The molecule has 6 nitrogen and oxygen atoms in total. The summed E-state index contributed by atoms with van der Waals surface area (Å²) < 4.78 is 0. The molecular formula is C18H20IN5OS. The topological polar surface area (TPSA) is 73.9 Å². The van der Waals surface area contributed by atoms with Gasteiger partial charge in [-0.3, -0.25) is 9.89 Å². The van der Waals surface area contributed by atoms with Crippen molar-refractivity contribution in [3.05, 3.63) is 35.5 Å². The van der Waals surface area contributed by atoms with Gasteiger partial charge in [0.05, 0.1) is 5.52 Å². The van der Waals surface area contributed by atoms with Crippen LogP contribution in [0.5, 0.6) is 0 Å². The molecule has 3 aromatic rings. The zero-order chi connectivity index (χ0) is 18.1. The minimum absolute atomic E-state index is 0.0412. The first kappa shape index (κ1) is 17.9. The van der Waals surface area contributed by atoms with Gasteiger partial charge in [0.25, 0.3) is 5.91 Å². The highest BCUT2D eigenvalue weighted by Crippen LogP contribution is 2.29. The minimum atomic E-state index is 0.0412. The molecule has 0 aliphatic carbocycles. The normalized spacial score (nSPS) is 21.5. The second kappa shape index (κ2) is 7.61. The Balaban J connectivity index is 0.000000814. The van der Waals surface area contributed by atoms with Crippen LogP contribution in [-0.4, -0.2) is 56.1 Å². The molecule has 2 atom stereocenters. The quantitative estimate of drug-likeness (QED) is 0.435. The van der Waals surface area contributed by atoms with E-state index in [0.717, 1.165) is 47.4 Å². The maximum absolute atomic E-state index is 13.0. The first-order chi connectivity index (χ1) is 12.8. The van der Waals surface area contributed by atoms with Crippen LogP contribution in [0.2, 0.25) is 0 Å². The molecule has 2 N–H and O–H groups in total. The number of nitrogens with one attached hydrogen (secondary N) is 2. The van der Waals surface area contributed by atoms with E-state index in [2.05, 4.69) is 43.1 Å². The van der Waals surface area contributed by atoms with Crippen LogP contribution in [0, 0.1) is 0 Å². The Labute approximate surface area is 169 Å². The number of carbonyl (C=O) groups excluding carboxylic acids is 1. The predicted octanol–water partition coefficient (Wildman–Crippen LogP) is 3.31. The lowest BCUT2D eigenvalue weighted by Gasteiger charge is -2.45. The van der Waals surface area contributed by atoms with Crippen molar-refractivity contribution in [1.29, 1.82) is 0 Å². The molecular weight excluding hydrogens is 461 g/mol. The number of alkyl halides is 1. The fourth-order valence-electron chi connectivity index (χ4n) is 3.78. The summed E-state index contributed by atoms with van der Waals surface area (Å²) in [6.45, 7) is 1.68. The van der Waals surface area contributed by atoms with Gasteiger partial charge in [0.15, 0.2) is 5.69 Å². The SMILES string of the molecule is CI.O=C(c1n[nH]c2cc(-c3nccs3)ccc12)N1CC2CCC1CN2. The van der Waals surface area contributed by atoms with Crippen LogP contribution < -0.4 is 5.32 Å². The van der Waals surface area contributed by atoms with E-state index < -0.39 is 0 Å². The number of aromatic nitrogens is 3. The molecule has 1 aromatic carbocycles. The maximum Gasteiger partial charge on any atom is 0.275 e. The van der Waals surface area contributed by atoms with Gasteiger partial charge in [-0.2, -0.15) is 5.10 Å². The van der Waals surface area contributed by atoms with Gasteiger partial charge >= 0.3 is 0 Å². The van der Waals surface area contributed by atoms with Gasteiger partial charge in [0, 0.05) is 47.7 Å². The number of amides is 1. The van der Waals surface area contributed by atoms with Crippen molar-refractivity contribution < 1.29 is 4.79 Å². The second-order valence-electron chi connectivity index (χ2n) is 6.46. The fourth-order valence-corrected chi connectivity index (χ4v) is 4.41. The number of piperazine rings is 1. The molecule has 2 bridgehead atoms. The molecule has 0 spiro atoms. The molecule has 1 amide bonds. The summed E-state index contributed by atoms with van der Waals surface area (Å²) in [7, 11) is 0. The van der Waals surface area contributed by atoms with Crippen molar-refractivity contribution in [2.75, 3.05) is 18.0 Å². The minimum Gasteiger partial charge on any atom is -0.331 e. The van der Waals surface area contributed by atoms with E-state index in [1.54, 1.807) is 17.5 Å².